The summed E-state index contributed by atoms with van der Waals surface area (Å²) in [5, 5.41) is 19.1. The maximum atomic E-state index is 13.0. The predicted octanol–water partition coefficient (Wildman–Crippen LogP) is 8.37. The number of carboxylic acid groups (broad SMARTS) is 1. The Morgan fingerprint density at radius 3 is 2.22 bits per heavy atom. The zero-order valence-electron chi connectivity index (χ0n) is 30.8. The van der Waals surface area contributed by atoms with Gasteiger partial charge in [-0.3, -0.25) is 9.59 Å². The highest BCUT2D eigenvalue weighted by Crippen LogP contribution is 2.78. The van der Waals surface area contributed by atoms with Crippen molar-refractivity contribution in [1.82, 2.24) is 4.90 Å². The number of aliphatic hydroxyl groups is 1. The van der Waals surface area contributed by atoms with Gasteiger partial charge in [0.05, 0.1) is 18.4 Å². The first-order valence-electron chi connectivity index (χ1n) is 18.7. The van der Waals surface area contributed by atoms with E-state index in [1.807, 2.05) is 0 Å². The van der Waals surface area contributed by atoms with Gasteiger partial charge in [-0.15, -0.1) is 0 Å². The fourth-order valence-corrected chi connectivity index (χ4v) is 13.2. The van der Waals surface area contributed by atoms with Crippen molar-refractivity contribution in [2.75, 3.05) is 26.7 Å². The Kier molecular flexibility index (Phi) is 9.50. The molecule has 2 N–H and O–H groups in total. The maximum Gasteiger partial charge on any atom is 0.309 e. The maximum absolute atomic E-state index is 13.0. The number of ether oxygens (including phenoxy) is 1. The zero-order valence-corrected chi connectivity index (χ0v) is 30.8. The van der Waals surface area contributed by atoms with Crippen molar-refractivity contribution in [3.05, 3.63) is 12.2 Å². The molecule has 5 rings (SSSR count). The van der Waals surface area contributed by atoms with Crippen LogP contribution in [0, 0.1) is 62.1 Å². The molecule has 5 aliphatic rings. The van der Waals surface area contributed by atoms with Gasteiger partial charge in [0.25, 0.3) is 0 Å². The van der Waals surface area contributed by atoms with Crippen LogP contribution < -0.4 is 0 Å². The predicted molar refractivity (Wildman–Crippen MR) is 184 cm³/mol. The molecule has 262 valence electrons. The second-order valence-corrected chi connectivity index (χ2v) is 19.0. The molecule has 6 heteroatoms. The number of esters is 1. The number of fused-ring (bicyclic) bond motifs is 7. The molecule has 0 unspecified atom stereocenters. The third kappa shape index (κ3) is 5.52. The smallest absolute Gasteiger partial charge is 0.309 e. The molecule has 0 spiro atoms. The molecule has 0 bridgehead atoms. The molecule has 0 aromatic heterocycles. The van der Waals surface area contributed by atoms with E-state index in [9.17, 15) is 19.8 Å². The lowest BCUT2D eigenvalue weighted by atomic mass is 9.32. The lowest BCUT2D eigenvalue weighted by Gasteiger charge is -2.73. The summed E-state index contributed by atoms with van der Waals surface area (Å²) in [6, 6.07) is 0. The van der Waals surface area contributed by atoms with Crippen LogP contribution in [0.4, 0.5) is 0 Å². The molecule has 5 saturated carbocycles. The van der Waals surface area contributed by atoms with Crippen LogP contribution >= 0.6 is 0 Å². The van der Waals surface area contributed by atoms with Crippen molar-refractivity contribution in [2.24, 2.45) is 62.1 Å². The number of hydrogen-bond donors (Lipinski definition) is 2. The Hall–Kier alpha value is -1.40. The van der Waals surface area contributed by atoms with Crippen LogP contribution in [0.2, 0.25) is 0 Å². The first-order valence-corrected chi connectivity index (χ1v) is 18.7. The summed E-state index contributed by atoms with van der Waals surface area (Å²) in [6.07, 6.45) is 13.1. The van der Waals surface area contributed by atoms with Gasteiger partial charge in [-0.1, -0.05) is 46.8 Å². The highest BCUT2D eigenvalue weighted by Gasteiger charge is 2.71. The average molecular weight is 642 g/mol. The number of carbonyl (C=O) groups excluding carboxylic acids is 1. The third-order valence-electron chi connectivity index (χ3n) is 16.1. The van der Waals surface area contributed by atoms with Crippen LogP contribution in [0.3, 0.4) is 0 Å². The van der Waals surface area contributed by atoms with Crippen LogP contribution in [0.25, 0.3) is 0 Å². The summed E-state index contributed by atoms with van der Waals surface area (Å²) in [6.45, 7) is 24.7. The van der Waals surface area contributed by atoms with Crippen molar-refractivity contribution in [3.63, 3.8) is 0 Å². The van der Waals surface area contributed by atoms with Gasteiger partial charge in [0.15, 0.2) is 0 Å². The summed E-state index contributed by atoms with van der Waals surface area (Å²) in [4.78, 5) is 27.1. The van der Waals surface area contributed by atoms with E-state index in [-0.39, 0.29) is 41.3 Å². The highest BCUT2D eigenvalue weighted by atomic mass is 16.5. The third-order valence-corrected chi connectivity index (χ3v) is 16.1. The van der Waals surface area contributed by atoms with Crippen molar-refractivity contribution in [1.29, 1.82) is 0 Å². The largest absolute Gasteiger partial charge is 0.481 e. The molecule has 5 fully saturated rings. The number of carbonyl (C=O) groups is 2. The van der Waals surface area contributed by atoms with Crippen LogP contribution in [-0.4, -0.2) is 59.9 Å². The Morgan fingerprint density at radius 2 is 1.59 bits per heavy atom. The van der Waals surface area contributed by atoms with Gasteiger partial charge >= 0.3 is 11.9 Å². The van der Waals surface area contributed by atoms with Gasteiger partial charge < -0.3 is 19.8 Å². The first kappa shape index (κ1) is 35.9. The van der Waals surface area contributed by atoms with Crippen LogP contribution in [-0.2, 0) is 14.3 Å². The molecule has 6 nitrogen and oxygen atoms in total. The van der Waals surface area contributed by atoms with E-state index >= 15 is 0 Å². The number of carboxylic acids is 1. The Morgan fingerprint density at radius 1 is 0.891 bits per heavy atom. The molecule has 0 aromatic carbocycles. The topological polar surface area (TPSA) is 87.1 Å². The molecule has 0 heterocycles. The number of aliphatic hydroxyl groups excluding tert-OH is 1. The SMILES string of the molecule is C=C(C)[C@@H]1CC[C@]2(CCN(C)CCO)CC[C@]3(C)[C@H](CC[C@@H]4[C@@]5(C)CC[C@H](OC(=O)CC(C)(C)C(=O)O)C(C)(C)[C@@H]5CC[C@]43C)[C@@H]12. The van der Waals surface area contributed by atoms with E-state index in [2.05, 4.69) is 60.1 Å². The molecule has 0 radical (unpaired) electrons. The van der Waals surface area contributed by atoms with Gasteiger partial charge in [-0.2, -0.15) is 0 Å². The summed E-state index contributed by atoms with van der Waals surface area (Å²) in [5.74, 6) is 1.83. The summed E-state index contributed by atoms with van der Waals surface area (Å²) >= 11 is 0. The minimum atomic E-state index is -1.12. The summed E-state index contributed by atoms with van der Waals surface area (Å²) in [5.41, 5.74) is 1.26. The molecule has 5 aliphatic carbocycles. The minimum absolute atomic E-state index is 0.0944. The standard InChI is InChI=1S/C40H67NO5/c1-26(2)27-13-18-40(21-22-41(10)23-24-42)20-19-38(8)28(33(27)40)11-12-30-37(7)16-15-31(46-32(43)25-35(3,4)34(44)45)36(5,6)29(37)14-17-39(30,38)9/h27-31,33,42H,1,11-25H2,2-10H3,(H,44,45)/t27-,28+,29-,30+,31-,33+,37-,38+,39+,40+/m0/s1. The second-order valence-electron chi connectivity index (χ2n) is 19.0. The Balaban J connectivity index is 1.39. The summed E-state index contributed by atoms with van der Waals surface area (Å²) < 4.78 is 6.17. The number of aliphatic carboxylic acids is 1. The Labute approximate surface area is 280 Å². The normalized spacial score (nSPS) is 43.2. The van der Waals surface area contributed by atoms with E-state index in [1.165, 1.54) is 63.4 Å². The van der Waals surface area contributed by atoms with Gasteiger partial charge in [0.1, 0.15) is 6.10 Å². The second kappa shape index (κ2) is 12.2. The minimum Gasteiger partial charge on any atom is -0.481 e. The monoisotopic (exact) mass is 642 g/mol. The number of nitrogens with zero attached hydrogens (tertiary/aromatic N) is 1. The van der Waals surface area contributed by atoms with E-state index in [0.29, 0.717) is 34.5 Å². The van der Waals surface area contributed by atoms with Crippen LogP contribution in [0.5, 0.6) is 0 Å². The molecule has 0 aliphatic heterocycles. The lowest BCUT2D eigenvalue weighted by molar-refractivity contribution is -0.250. The van der Waals surface area contributed by atoms with E-state index in [0.717, 1.165) is 31.8 Å². The quantitative estimate of drug-likeness (QED) is 0.184. The van der Waals surface area contributed by atoms with E-state index in [1.54, 1.807) is 13.8 Å². The van der Waals surface area contributed by atoms with Gasteiger partial charge in [0.2, 0.25) is 0 Å². The van der Waals surface area contributed by atoms with Crippen molar-refractivity contribution in [2.45, 2.75) is 139 Å². The van der Waals surface area contributed by atoms with Gasteiger partial charge in [0, 0.05) is 12.0 Å². The highest BCUT2D eigenvalue weighted by molar-refractivity contribution is 5.81. The molecule has 10 atom stereocenters. The van der Waals surface area contributed by atoms with E-state index < -0.39 is 11.4 Å². The molecule has 46 heavy (non-hydrogen) atoms. The number of allylic oxidation sites excluding steroid dienone is 1. The van der Waals surface area contributed by atoms with Crippen molar-refractivity contribution < 1.29 is 24.5 Å². The zero-order chi connectivity index (χ0) is 34.1. The fourth-order valence-electron chi connectivity index (χ4n) is 13.2. The van der Waals surface area contributed by atoms with E-state index in [4.69, 9.17) is 4.74 Å². The van der Waals surface area contributed by atoms with Gasteiger partial charge in [-0.05, 0) is 156 Å². The van der Waals surface area contributed by atoms with Crippen molar-refractivity contribution in [3.8, 4) is 0 Å². The average Bonchev–Trinajstić information content (AvgIpc) is 3.34. The number of likely N-dealkylation sites (N-methyl/N-ethyl adjacent to an activating group) is 1. The molecule has 0 amide bonds. The lowest BCUT2D eigenvalue weighted by Crippen LogP contribution is -2.66. The fraction of sp³-hybridized carbons (Fsp3) is 0.900. The Bertz CT molecular complexity index is 1190. The molecular weight excluding hydrogens is 574 g/mol. The molecular formula is C40H67NO5. The van der Waals surface area contributed by atoms with Crippen LogP contribution in [0.15, 0.2) is 12.2 Å². The summed E-state index contributed by atoms with van der Waals surface area (Å²) in [7, 11) is 2.17. The number of hydrogen-bond acceptors (Lipinski definition) is 5. The number of rotatable bonds is 10. The van der Waals surface area contributed by atoms with Gasteiger partial charge in [-0.25, -0.2) is 0 Å². The molecule has 0 aromatic rings. The molecule has 0 saturated heterocycles. The van der Waals surface area contributed by atoms with Crippen LogP contribution in [0.1, 0.15) is 132 Å². The van der Waals surface area contributed by atoms with Crippen molar-refractivity contribution >= 4 is 11.9 Å². The first-order chi connectivity index (χ1) is 21.3.